The lowest BCUT2D eigenvalue weighted by Crippen LogP contribution is -2.25. The molecule has 3 aromatic rings. The molecule has 4 rings (SSSR count). The second kappa shape index (κ2) is 7.72. The molecule has 0 fully saturated rings. The van der Waals surface area contributed by atoms with Crippen molar-refractivity contribution in [3.05, 3.63) is 95.1 Å². The minimum Gasteiger partial charge on any atom is -0.449 e. The Bertz CT molecular complexity index is 973. The van der Waals surface area contributed by atoms with E-state index in [0.29, 0.717) is 13.2 Å². The third-order valence-corrected chi connectivity index (χ3v) is 5.44. The Morgan fingerprint density at radius 2 is 1.48 bits per heavy atom. The summed E-state index contributed by atoms with van der Waals surface area (Å²) in [6.07, 6.45) is -0.432. The number of nitrogens with one attached hydrogen (secondary N) is 1. The molecule has 4 nitrogen and oxygen atoms in total. The summed E-state index contributed by atoms with van der Waals surface area (Å²) in [4.78, 5) is 12.2. The number of benzene rings is 3. The number of fused-ring (bicyclic) bond motifs is 3. The van der Waals surface area contributed by atoms with Crippen LogP contribution in [0.2, 0.25) is 0 Å². The van der Waals surface area contributed by atoms with Crippen LogP contribution in [0.4, 0.5) is 4.79 Å². The summed E-state index contributed by atoms with van der Waals surface area (Å²) in [7, 11) is 0. The minimum absolute atomic E-state index is 0.0548. The van der Waals surface area contributed by atoms with Crippen LogP contribution in [0.25, 0.3) is 11.1 Å². The predicted molar refractivity (Wildman–Crippen MR) is 114 cm³/mol. The maximum absolute atomic E-state index is 12.2. The van der Waals surface area contributed by atoms with Gasteiger partial charge in [-0.1, -0.05) is 72.8 Å². The van der Waals surface area contributed by atoms with Crippen molar-refractivity contribution in [2.24, 2.45) is 0 Å². The molecule has 0 heterocycles. The molecule has 0 aliphatic heterocycles. The van der Waals surface area contributed by atoms with Crippen molar-refractivity contribution in [2.45, 2.75) is 31.9 Å². The van der Waals surface area contributed by atoms with E-state index in [9.17, 15) is 9.90 Å². The number of aliphatic hydroxyl groups is 1. The highest BCUT2D eigenvalue weighted by molar-refractivity contribution is 5.79. The van der Waals surface area contributed by atoms with Gasteiger partial charge in [-0.2, -0.15) is 0 Å². The van der Waals surface area contributed by atoms with Gasteiger partial charge >= 0.3 is 6.09 Å². The molecule has 0 saturated carbocycles. The summed E-state index contributed by atoms with van der Waals surface area (Å²) in [5.74, 6) is 0.0548. The molecule has 148 valence electrons. The van der Waals surface area contributed by atoms with Crippen molar-refractivity contribution in [1.82, 2.24) is 5.32 Å². The lowest BCUT2D eigenvalue weighted by atomic mass is 9.97. The lowest BCUT2D eigenvalue weighted by Gasteiger charge is -2.18. The van der Waals surface area contributed by atoms with E-state index in [1.807, 2.05) is 48.5 Å². The third kappa shape index (κ3) is 4.03. The highest BCUT2D eigenvalue weighted by Crippen LogP contribution is 2.44. The number of hydrogen-bond donors (Lipinski definition) is 2. The van der Waals surface area contributed by atoms with Gasteiger partial charge in [-0.3, -0.25) is 0 Å². The molecule has 1 aliphatic rings. The summed E-state index contributed by atoms with van der Waals surface area (Å²) >= 11 is 0. The van der Waals surface area contributed by atoms with Crippen LogP contribution in [-0.2, 0) is 16.9 Å². The zero-order valence-electron chi connectivity index (χ0n) is 16.7. The van der Waals surface area contributed by atoms with E-state index >= 15 is 0 Å². The molecule has 0 aromatic heterocycles. The zero-order valence-corrected chi connectivity index (χ0v) is 16.7. The number of alkyl carbamates (subject to hydrolysis) is 1. The molecular weight excluding hydrogens is 362 g/mol. The van der Waals surface area contributed by atoms with Crippen LogP contribution < -0.4 is 5.32 Å². The fourth-order valence-corrected chi connectivity index (χ4v) is 3.85. The van der Waals surface area contributed by atoms with Crippen molar-refractivity contribution < 1.29 is 14.6 Å². The zero-order chi connectivity index (χ0) is 20.4. The smallest absolute Gasteiger partial charge is 0.407 e. The van der Waals surface area contributed by atoms with Crippen molar-refractivity contribution in [2.75, 3.05) is 6.61 Å². The third-order valence-electron chi connectivity index (χ3n) is 5.44. The van der Waals surface area contributed by atoms with Gasteiger partial charge in [-0.05, 0) is 47.2 Å². The van der Waals surface area contributed by atoms with E-state index in [0.717, 1.165) is 11.1 Å². The lowest BCUT2D eigenvalue weighted by molar-refractivity contribution is 0.0785. The first-order valence-corrected chi connectivity index (χ1v) is 9.84. The van der Waals surface area contributed by atoms with Gasteiger partial charge in [-0.25, -0.2) is 4.79 Å². The molecule has 1 aliphatic carbocycles. The number of amides is 1. The van der Waals surface area contributed by atoms with Crippen molar-refractivity contribution >= 4 is 6.09 Å². The van der Waals surface area contributed by atoms with E-state index in [1.165, 1.54) is 22.3 Å². The molecule has 0 atom stereocenters. The largest absolute Gasteiger partial charge is 0.449 e. The van der Waals surface area contributed by atoms with Crippen LogP contribution in [0.3, 0.4) is 0 Å². The first-order chi connectivity index (χ1) is 13.9. The molecule has 0 saturated heterocycles. The van der Waals surface area contributed by atoms with E-state index < -0.39 is 11.7 Å². The summed E-state index contributed by atoms with van der Waals surface area (Å²) in [6, 6.07) is 24.1. The first kappa shape index (κ1) is 19.2. The minimum atomic E-state index is -0.876. The van der Waals surface area contributed by atoms with Gasteiger partial charge in [-0.15, -0.1) is 0 Å². The molecule has 4 heteroatoms. The van der Waals surface area contributed by atoms with Crippen LogP contribution in [0, 0.1) is 0 Å². The summed E-state index contributed by atoms with van der Waals surface area (Å²) in [5, 5.41) is 12.8. The predicted octanol–water partition coefficient (Wildman–Crippen LogP) is 4.95. The molecule has 29 heavy (non-hydrogen) atoms. The van der Waals surface area contributed by atoms with Crippen LogP contribution in [-0.4, -0.2) is 17.8 Å². The fourth-order valence-electron chi connectivity index (χ4n) is 3.85. The Labute approximate surface area is 171 Å². The number of hydrogen-bond acceptors (Lipinski definition) is 3. The Morgan fingerprint density at radius 3 is 2.03 bits per heavy atom. The van der Waals surface area contributed by atoms with Crippen LogP contribution >= 0.6 is 0 Å². The topological polar surface area (TPSA) is 58.6 Å². The van der Waals surface area contributed by atoms with Gasteiger partial charge in [0.25, 0.3) is 0 Å². The quantitative estimate of drug-likeness (QED) is 0.651. The van der Waals surface area contributed by atoms with Crippen molar-refractivity contribution in [3.8, 4) is 11.1 Å². The molecule has 1 amide bonds. The van der Waals surface area contributed by atoms with E-state index in [1.54, 1.807) is 13.8 Å². The van der Waals surface area contributed by atoms with Gasteiger partial charge in [0.15, 0.2) is 0 Å². The van der Waals surface area contributed by atoms with Gasteiger partial charge in [0, 0.05) is 12.5 Å². The Kier molecular flexibility index (Phi) is 5.12. The van der Waals surface area contributed by atoms with Crippen LogP contribution in [0.5, 0.6) is 0 Å². The van der Waals surface area contributed by atoms with Gasteiger partial charge in [0.05, 0.1) is 5.60 Å². The summed E-state index contributed by atoms with van der Waals surface area (Å²) in [6.45, 7) is 4.17. The second-order valence-corrected chi connectivity index (χ2v) is 7.94. The highest BCUT2D eigenvalue weighted by Gasteiger charge is 2.28. The Morgan fingerprint density at radius 1 is 0.931 bits per heavy atom. The van der Waals surface area contributed by atoms with Crippen molar-refractivity contribution in [1.29, 1.82) is 0 Å². The number of ether oxygens (including phenoxy) is 1. The van der Waals surface area contributed by atoms with E-state index in [-0.39, 0.29) is 5.92 Å². The Hall–Kier alpha value is -3.11. The van der Waals surface area contributed by atoms with E-state index in [4.69, 9.17) is 4.74 Å². The number of carbonyl (C=O) groups excluding carboxylic acids is 1. The summed E-state index contributed by atoms with van der Waals surface area (Å²) < 4.78 is 5.55. The molecule has 0 spiro atoms. The standard InChI is InChI=1S/C25H25NO3/c1-25(2,28)18-13-11-17(12-14-18)15-26-24(27)29-16-23-21-9-5-3-7-19(21)20-8-4-6-10-22(20)23/h3-14,23,28H,15-16H2,1-2H3,(H,26,27). The maximum atomic E-state index is 12.2. The average molecular weight is 387 g/mol. The molecule has 2 N–H and O–H groups in total. The van der Waals surface area contributed by atoms with E-state index in [2.05, 4.69) is 29.6 Å². The average Bonchev–Trinajstić information content (AvgIpc) is 3.04. The fraction of sp³-hybridized carbons (Fsp3) is 0.240. The molecule has 0 bridgehead atoms. The van der Waals surface area contributed by atoms with Gasteiger partial charge in [0.1, 0.15) is 6.61 Å². The molecule has 3 aromatic carbocycles. The highest BCUT2D eigenvalue weighted by atomic mass is 16.5. The van der Waals surface area contributed by atoms with Crippen LogP contribution in [0.15, 0.2) is 72.8 Å². The molecule has 0 unspecified atom stereocenters. The molecule has 0 radical (unpaired) electrons. The number of carbonyl (C=O) groups is 1. The first-order valence-electron chi connectivity index (χ1n) is 9.84. The maximum Gasteiger partial charge on any atom is 0.407 e. The Balaban J connectivity index is 1.37. The van der Waals surface area contributed by atoms with Crippen LogP contribution in [0.1, 0.15) is 42.0 Å². The summed E-state index contributed by atoms with van der Waals surface area (Å²) in [5.41, 5.74) is 5.73. The SMILES string of the molecule is CC(C)(O)c1ccc(CNC(=O)OCC2c3ccccc3-c3ccccc32)cc1. The van der Waals surface area contributed by atoms with Gasteiger partial charge < -0.3 is 15.2 Å². The monoisotopic (exact) mass is 387 g/mol. The number of rotatable bonds is 5. The normalized spacial score (nSPS) is 12.9. The van der Waals surface area contributed by atoms with Crippen molar-refractivity contribution in [3.63, 3.8) is 0 Å². The second-order valence-electron chi connectivity index (χ2n) is 7.94. The van der Waals surface area contributed by atoms with Gasteiger partial charge in [0.2, 0.25) is 0 Å². The molecular formula is C25H25NO3.